The number of aryl methyl sites for hydroxylation is 1. The van der Waals surface area contributed by atoms with Gasteiger partial charge in [-0.15, -0.1) is 10.2 Å². The van der Waals surface area contributed by atoms with E-state index in [4.69, 9.17) is 16.3 Å². The molecule has 1 heterocycles. The van der Waals surface area contributed by atoms with Crippen LogP contribution in [0, 0.1) is 6.92 Å². The third-order valence-electron chi connectivity index (χ3n) is 3.57. The predicted molar refractivity (Wildman–Crippen MR) is 99.3 cm³/mol. The molecule has 3 aromatic rings. The Morgan fingerprint density at radius 1 is 1.12 bits per heavy atom. The summed E-state index contributed by atoms with van der Waals surface area (Å²) >= 11 is 7.28. The number of hydrogen-bond donors (Lipinski definition) is 0. The van der Waals surface area contributed by atoms with Gasteiger partial charge < -0.3 is 4.74 Å². The lowest BCUT2D eigenvalue weighted by molar-refractivity contribution is -0.137. The highest BCUT2D eigenvalue weighted by Crippen LogP contribution is 2.28. The topological polar surface area (TPSA) is 57.0 Å². The number of benzene rings is 2. The molecule has 128 valence electrons. The molecular formula is C18H16ClN3O2S. The average Bonchev–Trinajstić information content (AvgIpc) is 3.05. The van der Waals surface area contributed by atoms with Crippen molar-refractivity contribution in [2.45, 2.75) is 12.1 Å². The molecule has 0 unspecified atom stereocenters. The second kappa shape index (κ2) is 7.72. The number of hydrogen-bond acceptors (Lipinski definition) is 5. The van der Waals surface area contributed by atoms with Crippen LogP contribution in [-0.4, -0.2) is 33.6 Å². The zero-order chi connectivity index (χ0) is 17.8. The zero-order valence-electron chi connectivity index (χ0n) is 13.8. The lowest BCUT2D eigenvalue weighted by Crippen LogP contribution is -2.05. The van der Waals surface area contributed by atoms with E-state index in [2.05, 4.69) is 10.2 Å². The number of nitrogens with zero attached hydrogens (tertiary/aromatic N) is 3. The molecule has 0 aliphatic heterocycles. The molecule has 25 heavy (non-hydrogen) atoms. The summed E-state index contributed by atoms with van der Waals surface area (Å²) in [4.78, 5) is 11.5. The summed E-state index contributed by atoms with van der Waals surface area (Å²) < 4.78 is 6.61. The van der Waals surface area contributed by atoms with Crippen molar-refractivity contribution in [3.05, 3.63) is 59.1 Å². The maximum absolute atomic E-state index is 11.5. The highest BCUT2D eigenvalue weighted by Gasteiger charge is 2.17. The van der Waals surface area contributed by atoms with Crippen molar-refractivity contribution < 1.29 is 9.53 Å². The fourth-order valence-corrected chi connectivity index (χ4v) is 3.17. The maximum atomic E-state index is 11.5. The van der Waals surface area contributed by atoms with Crippen LogP contribution in [-0.2, 0) is 9.53 Å². The molecule has 0 aliphatic rings. The van der Waals surface area contributed by atoms with E-state index in [1.807, 2.05) is 60.0 Å². The number of ether oxygens (including phenoxy) is 1. The van der Waals surface area contributed by atoms with E-state index < -0.39 is 0 Å². The van der Waals surface area contributed by atoms with Gasteiger partial charge in [-0.3, -0.25) is 9.36 Å². The first-order valence-electron chi connectivity index (χ1n) is 7.56. The van der Waals surface area contributed by atoms with Gasteiger partial charge in [0.2, 0.25) is 0 Å². The standard InChI is InChI=1S/C18H16ClN3O2S/c1-12-3-5-13(6-4-12)17-20-21-18(25-11-16(23)24-2)22(17)15-9-7-14(19)8-10-15/h3-10H,11H2,1-2H3. The van der Waals surface area contributed by atoms with Gasteiger partial charge >= 0.3 is 5.97 Å². The minimum Gasteiger partial charge on any atom is -0.468 e. The summed E-state index contributed by atoms with van der Waals surface area (Å²) in [7, 11) is 1.37. The van der Waals surface area contributed by atoms with Crippen LogP contribution in [0.4, 0.5) is 0 Å². The summed E-state index contributed by atoms with van der Waals surface area (Å²) in [5.41, 5.74) is 2.98. The first-order chi connectivity index (χ1) is 12.1. The van der Waals surface area contributed by atoms with E-state index in [0.29, 0.717) is 16.0 Å². The molecule has 0 saturated carbocycles. The fraction of sp³-hybridized carbons (Fsp3) is 0.167. The minimum atomic E-state index is -0.312. The lowest BCUT2D eigenvalue weighted by atomic mass is 10.1. The summed E-state index contributed by atoms with van der Waals surface area (Å²) in [6.07, 6.45) is 0. The van der Waals surface area contributed by atoms with E-state index in [1.165, 1.54) is 24.4 Å². The molecule has 5 nitrogen and oxygen atoms in total. The van der Waals surface area contributed by atoms with Crippen LogP contribution < -0.4 is 0 Å². The molecule has 2 aromatic carbocycles. The van der Waals surface area contributed by atoms with Crippen molar-refractivity contribution in [2.24, 2.45) is 0 Å². The summed E-state index contributed by atoms with van der Waals surface area (Å²) in [6.45, 7) is 2.03. The Balaban J connectivity index is 2.05. The van der Waals surface area contributed by atoms with Crippen LogP contribution in [0.1, 0.15) is 5.56 Å². The van der Waals surface area contributed by atoms with E-state index in [9.17, 15) is 4.79 Å². The molecule has 0 spiro atoms. The molecule has 0 radical (unpaired) electrons. The highest BCUT2D eigenvalue weighted by molar-refractivity contribution is 7.99. The van der Waals surface area contributed by atoms with E-state index in [1.54, 1.807) is 0 Å². The third kappa shape index (κ3) is 4.03. The molecule has 0 fully saturated rings. The van der Waals surface area contributed by atoms with Crippen molar-refractivity contribution in [2.75, 3.05) is 12.9 Å². The van der Waals surface area contributed by atoms with Crippen molar-refractivity contribution in [1.29, 1.82) is 0 Å². The Bertz CT molecular complexity index is 876. The quantitative estimate of drug-likeness (QED) is 0.496. The lowest BCUT2D eigenvalue weighted by Gasteiger charge is -2.10. The second-order valence-corrected chi connectivity index (χ2v) is 6.73. The fourth-order valence-electron chi connectivity index (χ4n) is 2.26. The molecule has 7 heteroatoms. The second-order valence-electron chi connectivity index (χ2n) is 5.35. The van der Waals surface area contributed by atoms with Gasteiger partial charge in [0.1, 0.15) is 0 Å². The minimum absolute atomic E-state index is 0.163. The Hall–Kier alpha value is -2.31. The van der Waals surface area contributed by atoms with Crippen molar-refractivity contribution in [3.8, 4) is 17.1 Å². The maximum Gasteiger partial charge on any atom is 0.316 e. The number of carbonyl (C=O) groups is 1. The summed E-state index contributed by atoms with van der Waals surface area (Å²) in [5, 5.41) is 9.85. The van der Waals surface area contributed by atoms with Gasteiger partial charge in [-0.05, 0) is 31.2 Å². The molecule has 0 atom stereocenters. The van der Waals surface area contributed by atoms with Gasteiger partial charge in [-0.1, -0.05) is 53.2 Å². The van der Waals surface area contributed by atoms with Crippen LogP contribution >= 0.6 is 23.4 Å². The smallest absolute Gasteiger partial charge is 0.316 e. The molecular weight excluding hydrogens is 358 g/mol. The van der Waals surface area contributed by atoms with Crippen LogP contribution in [0.2, 0.25) is 5.02 Å². The molecule has 0 N–H and O–H groups in total. The molecule has 0 bridgehead atoms. The van der Waals surface area contributed by atoms with E-state index in [0.717, 1.165) is 11.3 Å². The Labute approximate surface area is 155 Å². The first kappa shape index (κ1) is 17.5. The predicted octanol–water partition coefficient (Wildman–Crippen LogP) is 4.16. The number of carbonyl (C=O) groups excluding carboxylic acids is 1. The van der Waals surface area contributed by atoms with Gasteiger partial charge in [-0.25, -0.2) is 0 Å². The van der Waals surface area contributed by atoms with Crippen molar-refractivity contribution in [1.82, 2.24) is 14.8 Å². The van der Waals surface area contributed by atoms with Gasteiger partial charge in [0, 0.05) is 16.3 Å². The van der Waals surface area contributed by atoms with Crippen LogP contribution in [0.3, 0.4) is 0 Å². The van der Waals surface area contributed by atoms with Crippen LogP contribution in [0.5, 0.6) is 0 Å². The van der Waals surface area contributed by atoms with E-state index >= 15 is 0 Å². The average molecular weight is 374 g/mol. The van der Waals surface area contributed by atoms with Gasteiger partial charge in [0.15, 0.2) is 11.0 Å². The van der Waals surface area contributed by atoms with Crippen LogP contribution in [0.25, 0.3) is 17.1 Å². The number of rotatable bonds is 5. The monoisotopic (exact) mass is 373 g/mol. The largest absolute Gasteiger partial charge is 0.468 e. The molecule has 0 aliphatic carbocycles. The Morgan fingerprint density at radius 3 is 2.44 bits per heavy atom. The number of aromatic nitrogens is 3. The highest BCUT2D eigenvalue weighted by atomic mass is 35.5. The number of methoxy groups -OCH3 is 1. The van der Waals surface area contributed by atoms with Gasteiger partial charge in [0.05, 0.1) is 12.9 Å². The zero-order valence-corrected chi connectivity index (χ0v) is 15.3. The molecule has 1 aromatic heterocycles. The van der Waals surface area contributed by atoms with Gasteiger partial charge in [0.25, 0.3) is 0 Å². The SMILES string of the molecule is COC(=O)CSc1nnc(-c2ccc(C)cc2)n1-c1ccc(Cl)cc1. The molecule has 0 saturated heterocycles. The summed E-state index contributed by atoms with van der Waals surface area (Å²) in [6, 6.07) is 15.5. The molecule has 0 amide bonds. The van der Waals surface area contributed by atoms with Crippen LogP contribution in [0.15, 0.2) is 53.7 Å². The first-order valence-corrected chi connectivity index (χ1v) is 8.93. The number of thioether (sulfide) groups is 1. The normalized spacial score (nSPS) is 10.7. The Morgan fingerprint density at radius 2 is 1.80 bits per heavy atom. The number of esters is 1. The summed E-state index contributed by atoms with van der Waals surface area (Å²) in [5.74, 6) is 0.554. The van der Waals surface area contributed by atoms with Crippen molar-refractivity contribution in [3.63, 3.8) is 0 Å². The third-order valence-corrected chi connectivity index (χ3v) is 4.73. The Kier molecular flexibility index (Phi) is 5.40. The number of halogens is 1. The van der Waals surface area contributed by atoms with Gasteiger partial charge in [-0.2, -0.15) is 0 Å². The van der Waals surface area contributed by atoms with Crippen molar-refractivity contribution >= 4 is 29.3 Å². The molecule has 3 rings (SSSR count). The van der Waals surface area contributed by atoms with E-state index in [-0.39, 0.29) is 11.7 Å².